The smallest absolute Gasteiger partial charge is 0.305 e. The summed E-state index contributed by atoms with van der Waals surface area (Å²) in [6.45, 7) is 1.86. The fraction of sp³-hybridized carbons (Fsp3) is 0.444. The van der Waals surface area contributed by atoms with Crippen LogP contribution in [0.1, 0.15) is 22.5 Å². The van der Waals surface area contributed by atoms with E-state index in [1.165, 1.54) is 18.2 Å². The molecule has 0 unspecified atom stereocenters. The predicted molar refractivity (Wildman–Crippen MR) is 50.5 cm³/mol. The Hall–Kier alpha value is -1.85. The monoisotopic (exact) mass is 212 g/mol. The Morgan fingerprint density at radius 3 is 2.73 bits per heavy atom. The lowest BCUT2D eigenvalue weighted by Crippen LogP contribution is -2.29. The molecule has 6 nitrogen and oxygen atoms in total. The Morgan fingerprint density at radius 2 is 2.27 bits per heavy atom. The van der Waals surface area contributed by atoms with E-state index in [4.69, 9.17) is 5.11 Å². The number of carbonyl (C=O) groups is 2. The lowest BCUT2D eigenvalue weighted by atomic mass is 10.2. The van der Waals surface area contributed by atoms with E-state index in [0.717, 1.165) is 0 Å². The van der Waals surface area contributed by atoms with Crippen LogP contribution >= 0.6 is 0 Å². The van der Waals surface area contributed by atoms with Crippen molar-refractivity contribution in [2.45, 2.75) is 13.3 Å². The molecule has 1 N–H and O–H groups in total. The highest BCUT2D eigenvalue weighted by Gasteiger charge is 2.18. The number of aliphatic carboxylic acids is 1. The molecule has 15 heavy (non-hydrogen) atoms. The van der Waals surface area contributed by atoms with Crippen LogP contribution in [0, 0.1) is 6.92 Å². The van der Waals surface area contributed by atoms with Gasteiger partial charge in [0.05, 0.1) is 6.42 Å². The highest BCUT2D eigenvalue weighted by Crippen LogP contribution is 2.07. The third kappa shape index (κ3) is 2.80. The van der Waals surface area contributed by atoms with Gasteiger partial charge in [0.15, 0.2) is 5.69 Å². The first-order chi connectivity index (χ1) is 7.02. The van der Waals surface area contributed by atoms with Crippen molar-refractivity contribution in [2.24, 2.45) is 0 Å². The van der Waals surface area contributed by atoms with Gasteiger partial charge in [0.2, 0.25) is 0 Å². The maximum Gasteiger partial charge on any atom is 0.305 e. The number of carboxylic acids is 1. The predicted octanol–water partition coefficient (Wildman–Crippen LogP) is 0.530. The van der Waals surface area contributed by atoms with E-state index in [9.17, 15) is 9.59 Å². The Morgan fingerprint density at radius 1 is 1.60 bits per heavy atom. The average Bonchev–Trinajstić information content (AvgIpc) is 2.59. The molecule has 0 aromatic carbocycles. The number of nitrogens with zero attached hydrogens (tertiary/aromatic N) is 2. The normalized spacial score (nSPS) is 10.0. The zero-order chi connectivity index (χ0) is 11.4. The van der Waals surface area contributed by atoms with Crippen LogP contribution in [0.25, 0.3) is 0 Å². The summed E-state index contributed by atoms with van der Waals surface area (Å²) in [5.74, 6) is -1.27. The van der Waals surface area contributed by atoms with E-state index >= 15 is 0 Å². The fourth-order valence-corrected chi connectivity index (χ4v) is 1.04. The Labute approximate surface area is 86.5 Å². The zero-order valence-electron chi connectivity index (χ0n) is 8.56. The second-order valence-corrected chi connectivity index (χ2v) is 3.22. The minimum absolute atomic E-state index is 0.0842. The summed E-state index contributed by atoms with van der Waals surface area (Å²) in [5.41, 5.74) is 0.866. The average molecular weight is 212 g/mol. The highest BCUT2D eigenvalue weighted by molar-refractivity contribution is 5.93. The molecule has 82 valence electrons. The molecule has 0 aliphatic rings. The van der Waals surface area contributed by atoms with E-state index in [1.807, 2.05) is 0 Å². The first-order valence-electron chi connectivity index (χ1n) is 4.40. The van der Waals surface area contributed by atoms with Gasteiger partial charge in [-0.05, 0) is 6.92 Å². The molecule has 0 aliphatic heterocycles. The Kier molecular flexibility index (Phi) is 3.43. The van der Waals surface area contributed by atoms with E-state index in [-0.39, 0.29) is 24.6 Å². The summed E-state index contributed by atoms with van der Waals surface area (Å²) in [4.78, 5) is 23.3. The third-order valence-corrected chi connectivity index (χ3v) is 1.96. The van der Waals surface area contributed by atoms with Crippen molar-refractivity contribution in [1.82, 2.24) is 10.1 Å². The van der Waals surface area contributed by atoms with Crippen molar-refractivity contribution in [1.29, 1.82) is 0 Å². The molecule has 0 saturated carbocycles. The topological polar surface area (TPSA) is 83.6 Å². The summed E-state index contributed by atoms with van der Waals surface area (Å²) in [6.07, 6.45) is 1.29. The first-order valence-corrected chi connectivity index (χ1v) is 4.40. The van der Waals surface area contributed by atoms with E-state index in [1.54, 1.807) is 6.92 Å². The van der Waals surface area contributed by atoms with Crippen LogP contribution in [0.5, 0.6) is 0 Å². The van der Waals surface area contributed by atoms with Crippen LogP contribution in [-0.4, -0.2) is 40.6 Å². The molecule has 1 amide bonds. The van der Waals surface area contributed by atoms with Gasteiger partial charge in [0.1, 0.15) is 6.26 Å². The molecule has 1 aromatic heterocycles. The second kappa shape index (κ2) is 4.59. The van der Waals surface area contributed by atoms with Crippen LogP contribution in [0.2, 0.25) is 0 Å². The molecule has 1 aromatic rings. The summed E-state index contributed by atoms with van der Waals surface area (Å²) in [5, 5.41) is 12.0. The number of carboxylic acid groups (broad SMARTS) is 1. The lowest BCUT2D eigenvalue weighted by Gasteiger charge is -2.14. The van der Waals surface area contributed by atoms with Crippen LogP contribution in [0.3, 0.4) is 0 Å². The Balaban J connectivity index is 2.61. The molecule has 0 atom stereocenters. The van der Waals surface area contributed by atoms with Crippen molar-refractivity contribution >= 4 is 11.9 Å². The number of rotatable bonds is 4. The standard InChI is InChI=1S/C9H12N2O4/c1-6-5-15-10-8(6)9(14)11(2)4-3-7(12)13/h5H,3-4H2,1-2H3,(H,12,13). The number of aromatic nitrogens is 1. The van der Waals surface area contributed by atoms with Crippen molar-refractivity contribution in [3.63, 3.8) is 0 Å². The summed E-state index contributed by atoms with van der Waals surface area (Å²) < 4.78 is 4.63. The van der Waals surface area contributed by atoms with Gasteiger partial charge < -0.3 is 14.5 Å². The molecule has 0 spiro atoms. The maximum atomic E-state index is 11.6. The van der Waals surface area contributed by atoms with Gasteiger partial charge in [-0.1, -0.05) is 5.16 Å². The van der Waals surface area contributed by atoms with Crippen LogP contribution in [-0.2, 0) is 4.79 Å². The number of aryl methyl sites for hydroxylation is 1. The SMILES string of the molecule is Cc1conc1C(=O)N(C)CCC(=O)O. The summed E-state index contributed by atoms with van der Waals surface area (Å²) in [6, 6.07) is 0. The lowest BCUT2D eigenvalue weighted by molar-refractivity contribution is -0.137. The van der Waals surface area contributed by atoms with Crippen LogP contribution in [0.4, 0.5) is 0 Å². The number of amides is 1. The van der Waals surface area contributed by atoms with Gasteiger partial charge in [-0.2, -0.15) is 0 Å². The van der Waals surface area contributed by atoms with Gasteiger partial charge in [0.25, 0.3) is 5.91 Å². The molecule has 6 heteroatoms. The molecule has 0 aliphatic carbocycles. The number of hydrogen-bond donors (Lipinski definition) is 1. The molecular weight excluding hydrogens is 200 g/mol. The highest BCUT2D eigenvalue weighted by atomic mass is 16.5. The second-order valence-electron chi connectivity index (χ2n) is 3.22. The molecule has 0 bridgehead atoms. The van der Waals surface area contributed by atoms with Crippen molar-refractivity contribution in [3.05, 3.63) is 17.5 Å². The summed E-state index contributed by atoms with van der Waals surface area (Å²) in [7, 11) is 1.53. The quantitative estimate of drug-likeness (QED) is 0.787. The molecular formula is C9H12N2O4. The Bertz CT molecular complexity index is 372. The van der Waals surface area contributed by atoms with Crippen molar-refractivity contribution in [2.75, 3.05) is 13.6 Å². The number of carbonyl (C=O) groups excluding carboxylic acids is 1. The zero-order valence-corrected chi connectivity index (χ0v) is 8.56. The van der Waals surface area contributed by atoms with Gasteiger partial charge in [0, 0.05) is 19.2 Å². The molecule has 0 radical (unpaired) electrons. The summed E-state index contributed by atoms with van der Waals surface area (Å²) >= 11 is 0. The van der Waals surface area contributed by atoms with Gasteiger partial charge >= 0.3 is 5.97 Å². The number of hydrogen-bond acceptors (Lipinski definition) is 4. The molecule has 1 rings (SSSR count). The van der Waals surface area contributed by atoms with E-state index in [2.05, 4.69) is 9.68 Å². The van der Waals surface area contributed by atoms with Crippen LogP contribution < -0.4 is 0 Å². The van der Waals surface area contributed by atoms with Gasteiger partial charge in [-0.25, -0.2) is 0 Å². The maximum absolute atomic E-state index is 11.6. The molecule has 1 heterocycles. The minimum Gasteiger partial charge on any atom is -0.481 e. The largest absolute Gasteiger partial charge is 0.481 e. The van der Waals surface area contributed by atoms with Crippen LogP contribution in [0.15, 0.2) is 10.8 Å². The third-order valence-electron chi connectivity index (χ3n) is 1.96. The van der Waals surface area contributed by atoms with E-state index in [0.29, 0.717) is 5.56 Å². The fourth-order valence-electron chi connectivity index (χ4n) is 1.04. The first kappa shape index (κ1) is 11.2. The van der Waals surface area contributed by atoms with E-state index < -0.39 is 5.97 Å². The van der Waals surface area contributed by atoms with Gasteiger partial charge in [-0.3, -0.25) is 9.59 Å². The van der Waals surface area contributed by atoms with Crippen molar-refractivity contribution in [3.8, 4) is 0 Å². The molecule has 0 saturated heterocycles. The molecule has 0 fully saturated rings. The minimum atomic E-state index is -0.938. The van der Waals surface area contributed by atoms with Gasteiger partial charge in [-0.15, -0.1) is 0 Å². The van der Waals surface area contributed by atoms with Crippen molar-refractivity contribution < 1.29 is 19.2 Å².